The third-order valence-corrected chi connectivity index (χ3v) is 5.70. The largest absolute Gasteiger partial charge is 0.369 e. The van der Waals surface area contributed by atoms with E-state index in [4.69, 9.17) is 0 Å². The van der Waals surface area contributed by atoms with Gasteiger partial charge in [-0.2, -0.15) is 0 Å². The summed E-state index contributed by atoms with van der Waals surface area (Å²) in [5.74, 6) is 6.55. The number of hydrogen-bond donors (Lipinski definition) is 1. The van der Waals surface area contributed by atoms with Crippen molar-refractivity contribution in [2.24, 2.45) is 0 Å². The second-order valence-corrected chi connectivity index (χ2v) is 7.45. The van der Waals surface area contributed by atoms with E-state index in [1.54, 1.807) is 0 Å². The van der Waals surface area contributed by atoms with Gasteiger partial charge in [-0.25, -0.2) is 0 Å². The molecule has 2 unspecified atom stereocenters. The molecule has 3 rings (SSSR count). The lowest BCUT2D eigenvalue weighted by atomic mass is 9.87. The van der Waals surface area contributed by atoms with Gasteiger partial charge in [0.05, 0.1) is 19.6 Å². The van der Waals surface area contributed by atoms with Gasteiger partial charge in [0, 0.05) is 11.1 Å². The maximum atomic E-state index is 11.5. The molecule has 0 bridgehead atoms. The lowest BCUT2D eigenvalue weighted by molar-refractivity contribution is -0.929. The summed E-state index contributed by atoms with van der Waals surface area (Å²) >= 11 is 0. The average molecular weight is 334 g/mol. The number of rotatable bonds is 3. The van der Waals surface area contributed by atoms with Crippen molar-refractivity contribution in [1.29, 1.82) is 0 Å². The lowest BCUT2D eigenvalue weighted by Gasteiger charge is -2.42. The van der Waals surface area contributed by atoms with Gasteiger partial charge in [0.15, 0.2) is 5.60 Å². The van der Waals surface area contributed by atoms with Gasteiger partial charge in [-0.05, 0) is 32.1 Å². The van der Waals surface area contributed by atoms with Crippen LogP contribution in [0.5, 0.6) is 0 Å². The summed E-state index contributed by atoms with van der Waals surface area (Å²) in [7, 11) is 2.29. The summed E-state index contributed by atoms with van der Waals surface area (Å²) in [6.07, 6.45) is 3.85. The Balaban J connectivity index is 1.92. The van der Waals surface area contributed by atoms with Crippen molar-refractivity contribution < 1.29 is 9.59 Å². The highest BCUT2D eigenvalue weighted by Crippen LogP contribution is 2.29. The van der Waals surface area contributed by atoms with Crippen molar-refractivity contribution in [2.45, 2.75) is 37.8 Å². The van der Waals surface area contributed by atoms with E-state index in [0.717, 1.165) is 22.2 Å². The van der Waals surface area contributed by atoms with Crippen LogP contribution in [-0.2, 0) is 5.60 Å². The summed E-state index contributed by atoms with van der Waals surface area (Å²) in [6.45, 7) is 4.27. The molecule has 2 nitrogen and oxygen atoms in total. The zero-order valence-corrected chi connectivity index (χ0v) is 15.3. The maximum absolute atomic E-state index is 11.5. The molecule has 25 heavy (non-hydrogen) atoms. The predicted molar refractivity (Wildman–Crippen MR) is 103 cm³/mol. The highest BCUT2D eigenvalue weighted by Gasteiger charge is 2.32. The van der Waals surface area contributed by atoms with Gasteiger partial charge >= 0.3 is 0 Å². The Morgan fingerprint density at radius 3 is 2.08 bits per heavy atom. The minimum absolute atomic E-state index is 0.629. The van der Waals surface area contributed by atoms with E-state index >= 15 is 0 Å². The van der Waals surface area contributed by atoms with Gasteiger partial charge < -0.3 is 9.59 Å². The first kappa shape index (κ1) is 17.7. The Labute approximate surface area is 151 Å². The van der Waals surface area contributed by atoms with Crippen LogP contribution in [0.4, 0.5) is 0 Å². The van der Waals surface area contributed by atoms with Crippen LogP contribution < -0.4 is 0 Å². The van der Waals surface area contributed by atoms with E-state index in [9.17, 15) is 5.11 Å². The van der Waals surface area contributed by atoms with Crippen molar-refractivity contribution in [3.63, 3.8) is 0 Å². The number of piperidine rings is 1. The molecule has 0 aliphatic carbocycles. The van der Waals surface area contributed by atoms with Crippen molar-refractivity contribution >= 4 is 0 Å². The van der Waals surface area contributed by atoms with Crippen molar-refractivity contribution in [1.82, 2.24) is 0 Å². The Hall–Kier alpha value is -2.08. The SMILES string of the molecule is CC1CCCC[N+]1(C)CC#CC(O)(c1ccccc1)c1ccccc1. The second-order valence-electron chi connectivity index (χ2n) is 7.45. The van der Waals surface area contributed by atoms with Crippen molar-refractivity contribution in [2.75, 3.05) is 20.1 Å². The molecule has 2 heteroatoms. The Morgan fingerprint density at radius 1 is 1.00 bits per heavy atom. The third-order valence-electron chi connectivity index (χ3n) is 5.70. The highest BCUT2D eigenvalue weighted by atomic mass is 16.3. The fourth-order valence-corrected chi connectivity index (χ4v) is 3.70. The van der Waals surface area contributed by atoms with Crippen LogP contribution in [0.3, 0.4) is 0 Å². The second kappa shape index (κ2) is 7.44. The molecule has 0 aromatic heterocycles. The third kappa shape index (κ3) is 3.79. The molecule has 2 aromatic rings. The minimum Gasteiger partial charge on any atom is -0.369 e. The molecule has 2 atom stereocenters. The van der Waals surface area contributed by atoms with Gasteiger partial charge in [0.1, 0.15) is 6.54 Å². The monoisotopic (exact) mass is 334 g/mol. The summed E-state index contributed by atoms with van der Waals surface area (Å²) in [5, 5.41) is 11.5. The molecular weight excluding hydrogens is 306 g/mol. The molecular formula is C23H28NO+. The molecule has 0 spiro atoms. The molecule has 1 N–H and O–H groups in total. The molecule has 0 radical (unpaired) electrons. The van der Waals surface area contributed by atoms with Crippen LogP contribution in [-0.4, -0.2) is 35.8 Å². The first-order valence-corrected chi connectivity index (χ1v) is 9.22. The van der Waals surface area contributed by atoms with Gasteiger partial charge in [-0.1, -0.05) is 66.6 Å². The molecule has 130 valence electrons. The number of quaternary nitrogens is 1. The Bertz CT molecular complexity index is 704. The normalized spacial score (nSPS) is 23.6. The van der Waals surface area contributed by atoms with Gasteiger partial charge in [0.25, 0.3) is 0 Å². The maximum Gasteiger partial charge on any atom is 0.177 e. The van der Waals surface area contributed by atoms with E-state index in [1.807, 2.05) is 60.7 Å². The van der Waals surface area contributed by atoms with Crippen LogP contribution in [0.15, 0.2) is 60.7 Å². The quantitative estimate of drug-likeness (QED) is 0.666. The van der Waals surface area contributed by atoms with Gasteiger partial charge in [0.2, 0.25) is 0 Å². The van der Waals surface area contributed by atoms with Crippen molar-refractivity contribution in [3.8, 4) is 11.8 Å². The topological polar surface area (TPSA) is 20.2 Å². The standard InChI is InChI=1S/C23H28NO/c1-20-12-9-10-18-24(20,2)19-11-17-23(25,21-13-5-3-6-14-21)22-15-7-4-8-16-22/h3-8,13-16,20,25H,9-10,12,18-19H2,1-2H3/q+1. The van der Waals surface area contributed by atoms with E-state index in [2.05, 4.69) is 25.8 Å². The fourth-order valence-electron chi connectivity index (χ4n) is 3.70. The molecule has 0 amide bonds. The van der Waals surface area contributed by atoms with E-state index < -0.39 is 5.60 Å². The number of benzene rings is 2. The first-order chi connectivity index (χ1) is 12.0. The molecule has 1 heterocycles. The smallest absolute Gasteiger partial charge is 0.177 e. The molecule has 1 aliphatic heterocycles. The summed E-state index contributed by atoms with van der Waals surface area (Å²) in [5.41, 5.74) is 0.381. The zero-order valence-electron chi connectivity index (χ0n) is 15.3. The number of nitrogens with zero attached hydrogens (tertiary/aromatic N) is 1. The van der Waals surface area contributed by atoms with E-state index in [0.29, 0.717) is 6.04 Å². The summed E-state index contributed by atoms with van der Waals surface area (Å²) in [6, 6.07) is 20.1. The Kier molecular flexibility index (Phi) is 5.27. The van der Waals surface area contributed by atoms with Crippen LogP contribution in [0.25, 0.3) is 0 Å². The average Bonchev–Trinajstić information content (AvgIpc) is 2.65. The van der Waals surface area contributed by atoms with Gasteiger partial charge in [-0.3, -0.25) is 0 Å². The van der Waals surface area contributed by atoms with Gasteiger partial charge in [-0.15, -0.1) is 0 Å². The first-order valence-electron chi connectivity index (χ1n) is 9.22. The molecule has 0 saturated carbocycles. The summed E-state index contributed by atoms with van der Waals surface area (Å²) < 4.78 is 0.979. The molecule has 1 fully saturated rings. The number of aliphatic hydroxyl groups is 1. The molecule has 1 aliphatic rings. The zero-order chi connectivity index (χ0) is 17.8. The fraction of sp³-hybridized carbons (Fsp3) is 0.391. The van der Waals surface area contributed by atoms with Crippen LogP contribution in [0, 0.1) is 11.8 Å². The highest BCUT2D eigenvalue weighted by molar-refractivity contribution is 5.44. The van der Waals surface area contributed by atoms with E-state index in [1.165, 1.54) is 25.8 Å². The minimum atomic E-state index is -1.26. The molecule has 1 saturated heterocycles. The van der Waals surface area contributed by atoms with E-state index in [-0.39, 0.29) is 0 Å². The number of likely N-dealkylation sites (tertiary alicyclic amines) is 1. The predicted octanol–water partition coefficient (Wildman–Crippen LogP) is 3.94. The Morgan fingerprint density at radius 2 is 1.56 bits per heavy atom. The summed E-state index contributed by atoms with van der Waals surface area (Å²) in [4.78, 5) is 0. The van der Waals surface area contributed by atoms with Crippen molar-refractivity contribution in [3.05, 3.63) is 71.8 Å². The lowest BCUT2D eigenvalue weighted by Crippen LogP contribution is -2.54. The van der Waals surface area contributed by atoms with Crippen LogP contribution in [0.1, 0.15) is 37.3 Å². The molecule has 2 aromatic carbocycles. The number of hydrogen-bond acceptors (Lipinski definition) is 1. The van der Waals surface area contributed by atoms with Crippen LogP contribution >= 0.6 is 0 Å². The van der Waals surface area contributed by atoms with Crippen LogP contribution in [0.2, 0.25) is 0 Å².